The van der Waals surface area contributed by atoms with Crippen LogP contribution in [-0.4, -0.2) is 43.1 Å². The Morgan fingerprint density at radius 3 is 2.45 bits per heavy atom. The van der Waals surface area contributed by atoms with E-state index in [0.29, 0.717) is 30.3 Å². The summed E-state index contributed by atoms with van der Waals surface area (Å²) in [5.74, 6) is 1.55. The number of carbonyl (C=O) groups excluding carboxylic acids is 1. The summed E-state index contributed by atoms with van der Waals surface area (Å²) in [6.45, 7) is 2.45. The van der Waals surface area contributed by atoms with E-state index in [1.165, 1.54) is 6.07 Å². The van der Waals surface area contributed by atoms with Crippen molar-refractivity contribution in [2.45, 2.75) is 13.5 Å². The molecule has 162 valence electrons. The quantitative estimate of drug-likeness (QED) is 0.532. The number of ether oxygens (including phenoxy) is 3. The predicted octanol–water partition coefficient (Wildman–Crippen LogP) is 2.43. The molecule has 1 amide bonds. The molecule has 0 aliphatic heterocycles. The summed E-state index contributed by atoms with van der Waals surface area (Å²) in [5.41, 5.74) is 2.05. The standard InChI is InChI=1S/C23H25N3O5/c1-16-4-7-18(8-5-16)31-13-12-24-22(27)15-26-23(28)11-9-19(25-26)17-6-10-20(29-2)21(14-17)30-3/h4-11,14H,12-13,15H2,1-3H3,(H,24,27). The summed E-state index contributed by atoms with van der Waals surface area (Å²) >= 11 is 0. The molecule has 8 heteroatoms. The molecule has 3 rings (SSSR count). The van der Waals surface area contributed by atoms with Gasteiger partial charge in [-0.2, -0.15) is 5.10 Å². The number of hydrogen-bond acceptors (Lipinski definition) is 6. The van der Waals surface area contributed by atoms with Crippen LogP contribution in [0.15, 0.2) is 59.4 Å². The van der Waals surface area contributed by atoms with Gasteiger partial charge in [0.05, 0.1) is 26.5 Å². The number of nitrogens with zero attached hydrogens (tertiary/aromatic N) is 2. The van der Waals surface area contributed by atoms with Gasteiger partial charge >= 0.3 is 0 Å². The van der Waals surface area contributed by atoms with Crippen LogP contribution in [0, 0.1) is 6.92 Å². The minimum Gasteiger partial charge on any atom is -0.493 e. The molecule has 8 nitrogen and oxygen atoms in total. The molecule has 1 N–H and O–H groups in total. The molecule has 31 heavy (non-hydrogen) atoms. The maximum absolute atomic E-state index is 12.2. The molecule has 0 saturated heterocycles. The smallest absolute Gasteiger partial charge is 0.267 e. The number of rotatable bonds is 9. The van der Waals surface area contributed by atoms with Gasteiger partial charge < -0.3 is 19.5 Å². The highest BCUT2D eigenvalue weighted by atomic mass is 16.5. The van der Waals surface area contributed by atoms with E-state index in [0.717, 1.165) is 21.6 Å². The lowest BCUT2D eigenvalue weighted by atomic mass is 10.1. The number of carbonyl (C=O) groups is 1. The van der Waals surface area contributed by atoms with Crippen LogP contribution < -0.4 is 25.1 Å². The topological polar surface area (TPSA) is 91.7 Å². The van der Waals surface area contributed by atoms with Crippen molar-refractivity contribution >= 4 is 5.91 Å². The van der Waals surface area contributed by atoms with Crippen LogP contribution >= 0.6 is 0 Å². The highest BCUT2D eigenvalue weighted by Gasteiger charge is 2.10. The van der Waals surface area contributed by atoms with Gasteiger partial charge in [0.2, 0.25) is 5.91 Å². The Morgan fingerprint density at radius 2 is 1.74 bits per heavy atom. The van der Waals surface area contributed by atoms with Crippen molar-refractivity contribution in [3.8, 4) is 28.5 Å². The van der Waals surface area contributed by atoms with Gasteiger partial charge in [-0.15, -0.1) is 0 Å². The van der Waals surface area contributed by atoms with Gasteiger partial charge in [-0.05, 0) is 43.3 Å². The lowest BCUT2D eigenvalue weighted by molar-refractivity contribution is -0.122. The number of aryl methyl sites for hydroxylation is 1. The molecule has 0 aliphatic rings. The lowest BCUT2D eigenvalue weighted by Crippen LogP contribution is -2.35. The minimum atomic E-state index is -0.365. The zero-order chi connectivity index (χ0) is 22.2. The Balaban J connectivity index is 1.60. The van der Waals surface area contributed by atoms with Crippen LogP contribution in [0.4, 0.5) is 0 Å². The number of amides is 1. The third kappa shape index (κ3) is 5.85. The van der Waals surface area contributed by atoms with E-state index in [4.69, 9.17) is 14.2 Å². The fraction of sp³-hybridized carbons (Fsp3) is 0.261. The Labute approximate surface area is 180 Å². The average molecular weight is 423 g/mol. The maximum Gasteiger partial charge on any atom is 0.267 e. The minimum absolute atomic E-state index is 0.190. The highest BCUT2D eigenvalue weighted by Crippen LogP contribution is 2.31. The average Bonchev–Trinajstić information content (AvgIpc) is 2.79. The summed E-state index contributed by atoms with van der Waals surface area (Å²) < 4.78 is 17.3. The monoisotopic (exact) mass is 423 g/mol. The summed E-state index contributed by atoms with van der Waals surface area (Å²) in [4.78, 5) is 24.4. The van der Waals surface area contributed by atoms with E-state index >= 15 is 0 Å². The van der Waals surface area contributed by atoms with E-state index in [9.17, 15) is 9.59 Å². The second-order valence-electron chi connectivity index (χ2n) is 6.80. The molecule has 1 heterocycles. The summed E-state index contributed by atoms with van der Waals surface area (Å²) in [7, 11) is 3.10. The van der Waals surface area contributed by atoms with Gasteiger partial charge in [0.25, 0.3) is 5.56 Å². The molecule has 3 aromatic rings. The molecule has 0 aliphatic carbocycles. The van der Waals surface area contributed by atoms with Crippen LogP contribution in [0.5, 0.6) is 17.2 Å². The van der Waals surface area contributed by atoms with Crippen molar-refractivity contribution in [3.05, 3.63) is 70.5 Å². The molecule has 2 aromatic carbocycles. The van der Waals surface area contributed by atoms with Gasteiger partial charge in [0.1, 0.15) is 18.9 Å². The second kappa shape index (κ2) is 10.3. The first-order valence-electron chi connectivity index (χ1n) is 9.77. The summed E-state index contributed by atoms with van der Waals surface area (Å²) in [5, 5.41) is 7.05. The number of methoxy groups -OCH3 is 2. The fourth-order valence-electron chi connectivity index (χ4n) is 2.90. The lowest BCUT2D eigenvalue weighted by Gasteiger charge is -2.11. The molecule has 0 unspecified atom stereocenters. The van der Waals surface area contributed by atoms with Gasteiger partial charge in [-0.3, -0.25) is 9.59 Å². The van der Waals surface area contributed by atoms with E-state index < -0.39 is 0 Å². The molecule has 0 saturated carbocycles. The summed E-state index contributed by atoms with van der Waals surface area (Å²) in [6, 6.07) is 16.0. The first kappa shape index (κ1) is 21.9. The molecule has 0 atom stereocenters. The number of nitrogens with one attached hydrogen (secondary N) is 1. The zero-order valence-corrected chi connectivity index (χ0v) is 17.8. The third-order valence-corrected chi connectivity index (χ3v) is 4.55. The molecule has 1 aromatic heterocycles. The number of aromatic nitrogens is 2. The SMILES string of the molecule is COc1ccc(-c2ccc(=O)n(CC(=O)NCCOc3ccc(C)cc3)n2)cc1OC. The van der Waals surface area contributed by atoms with Gasteiger partial charge in [-0.25, -0.2) is 4.68 Å². The van der Waals surface area contributed by atoms with E-state index in [-0.39, 0.29) is 18.0 Å². The summed E-state index contributed by atoms with van der Waals surface area (Å²) in [6.07, 6.45) is 0. The number of benzene rings is 2. The first-order valence-corrected chi connectivity index (χ1v) is 9.77. The largest absolute Gasteiger partial charge is 0.493 e. The highest BCUT2D eigenvalue weighted by molar-refractivity contribution is 5.75. The molecular weight excluding hydrogens is 398 g/mol. The van der Waals surface area contributed by atoms with Crippen molar-refractivity contribution in [1.29, 1.82) is 0 Å². The van der Waals surface area contributed by atoms with E-state index in [1.807, 2.05) is 31.2 Å². The second-order valence-corrected chi connectivity index (χ2v) is 6.80. The van der Waals surface area contributed by atoms with Gasteiger partial charge in [-0.1, -0.05) is 17.7 Å². The molecule has 0 fully saturated rings. The molecule has 0 radical (unpaired) electrons. The van der Waals surface area contributed by atoms with Crippen molar-refractivity contribution in [3.63, 3.8) is 0 Å². The molecule has 0 bridgehead atoms. The van der Waals surface area contributed by atoms with Crippen molar-refractivity contribution < 1.29 is 19.0 Å². The third-order valence-electron chi connectivity index (χ3n) is 4.55. The molecule has 0 spiro atoms. The van der Waals surface area contributed by atoms with Crippen molar-refractivity contribution in [2.75, 3.05) is 27.4 Å². The predicted molar refractivity (Wildman–Crippen MR) is 117 cm³/mol. The first-order chi connectivity index (χ1) is 15.0. The normalized spacial score (nSPS) is 10.4. The van der Waals surface area contributed by atoms with E-state index in [1.54, 1.807) is 38.5 Å². The zero-order valence-electron chi connectivity index (χ0n) is 17.8. The van der Waals surface area contributed by atoms with Crippen molar-refractivity contribution in [2.24, 2.45) is 0 Å². The Morgan fingerprint density at radius 1 is 1.00 bits per heavy atom. The van der Waals surface area contributed by atoms with Crippen molar-refractivity contribution in [1.82, 2.24) is 15.1 Å². The Bertz CT molecular complexity index is 1090. The van der Waals surface area contributed by atoms with Crippen LogP contribution in [0.3, 0.4) is 0 Å². The molecular formula is C23H25N3O5. The van der Waals surface area contributed by atoms with Crippen LogP contribution in [0.1, 0.15) is 5.56 Å². The Hall–Kier alpha value is -3.81. The van der Waals surface area contributed by atoms with Crippen LogP contribution in [-0.2, 0) is 11.3 Å². The van der Waals surface area contributed by atoms with Gasteiger partial charge in [0.15, 0.2) is 11.5 Å². The van der Waals surface area contributed by atoms with Gasteiger partial charge in [0, 0.05) is 11.6 Å². The maximum atomic E-state index is 12.2. The van der Waals surface area contributed by atoms with Crippen LogP contribution in [0.25, 0.3) is 11.3 Å². The Kier molecular flexibility index (Phi) is 7.26. The fourth-order valence-corrected chi connectivity index (χ4v) is 2.90. The van der Waals surface area contributed by atoms with Crippen LogP contribution in [0.2, 0.25) is 0 Å². The van der Waals surface area contributed by atoms with E-state index in [2.05, 4.69) is 10.4 Å². The number of hydrogen-bond donors (Lipinski definition) is 1.